The molecule has 0 spiro atoms. The van der Waals surface area contributed by atoms with E-state index in [0.717, 1.165) is 0 Å². The molecule has 0 saturated heterocycles. The summed E-state index contributed by atoms with van der Waals surface area (Å²) in [7, 11) is 1.60. The number of aliphatic carboxylic acids is 1. The molecule has 0 heterocycles. The third-order valence-corrected chi connectivity index (χ3v) is 2.40. The van der Waals surface area contributed by atoms with Crippen LogP contribution in [0.3, 0.4) is 0 Å². The second-order valence-corrected chi connectivity index (χ2v) is 5.40. The second kappa shape index (κ2) is 7.20. The minimum atomic E-state index is -1.02. The Morgan fingerprint density at radius 1 is 1.39 bits per heavy atom. The van der Waals surface area contributed by atoms with Gasteiger partial charge in [0.25, 0.3) is 0 Å². The first-order chi connectivity index (χ1) is 8.18. The molecule has 18 heavy (non-hydrogen) atoms. The molecule has 0 aromatic rings. The number of amides is 2. The van der Waals surface area contributed by atoms with Crippen LogP contribution in [0.5, 0.6) is 0 Å². The fraction of sp³-hybridized carbons (Fsp3) is 0.833. The molecule has 0 fully saturated rings. The topological polar surface area (TPSA) is 78.9 Å². The van der Waals surface area contributed by atoms with Crippen molar-refractivity contribution in [2.45, 2.75) is 33.2 Å². The Labute approximate surface area is 108 Å². The summed E-state index contributed by atoms with van der Waals surface area (Å²) in [5.74, 6) is -0.837. The maximum Gasteiger partial charge on any atom is 0.323 e. The Morgan fingerprint density at radius 2 is 1.94 bits per heavy atom. The first-order valence-corrected chi connectivity index (χ1v) is 5.94. The molecule has 0 aliphatic rings. The van der Waals surface area contributed by atoms with E-state index in [4.69, 9.17) is 9.84 Å². The molecule has 0 aliphatic carbocycles. The van der Waals surface area contributed by atoms with Crippen LogP contribution >= 0.6 is 0 Å². The standard InChI is InChI=1S/C12H24N2O4/c1-9(8-18-5)6-13-11(17)14(7-10(15)16)12(2,3)4/h9H,6-8H2,1-5H3,(H,13,17)(H,15,16). The van der Waals surface area contributed by atoms with E-state index in [1.165, 1.54) is 4.90 Å². The molecule has 2 N–H and O–H groups in total. The van der Waals surface area contributed by atoms with Crippen LogP contribution in [0, 0.1) is 5.92 Å². The number of carbonyl (C=O) groups is 2. The molecule has 0 bridgehead atoms. The van der Waals surface area contributed by atoms with Gasteiger partial charge in [-0.1, -0.05) is 6.92 Å². The minimum Gasteiger partial charge on any atom is -0.480 e. The Balaban J connectivity index is 4.44. The lowest BCUT2D eigenvalue weighted by Crippen LogP contribution is -2.53. The summed E-state index contributed by atoms with van der Waals surface area (Å²) in [5, 5.41) is 11.5. The summed E-state index contributed by atoms with van der Waals surface area (Å²) < 4.78 is 4.97. The van der Waals surface area contributed by atoms with Crippen LogP contribution in [0.4, 0.5) is 4.79 Å². The third kappa shape index (κ3) is 6.44. The molecule has 106 valence electrons. The lowest BCUT2D eigenvalue weighted by Gasteiger charge is -2.34. The van der Waals surface area contributed by atoms with E-state index in [-0.39, 0.29) is 18.5 Å². The molecule has 6 heteroatoms. The number of methoxy groups -OCH3 is 1. The quantitative estimate of drug-likeness (QED) is 0.751. The maximum atomic E-state index is 11.9. The molecular weight excluding hydrogens is 236 g/mol. The number of ether oxygens (including phenoxy) is 1. The fourth-order valence-electron chi connectivity index (χ4n) is 1.45. The van der Waals surface area contributed by atoms with Crippen LogP contribution in [0.2, 0.25) is 0 Å². The van der Waals surface area contributed by atoms with Crippen molar-refractivity contribution < 1.29 is 19.4 Å². The molecule has 0 aromatic carbocycles. The highest BCUT2D eigenvalue weighted by molar-refractivity contribution is 5.80. The van der Waals surface area contributed by atoms with Gasteiger partial charge in [-0.3, -0.25) is 4.79 Å². The molecule has 6 nitrogen and oxygen atoms in total. The van der Waals surface area contributed by atoms with E-state index in [1.54, 1.807) is 27.9 Å². The van der Waals surface area contributed by atoms with Crippen molar-refractivity contribution in [1.29, 1.82) is 0 Å². The lowest BCUT2D eigenvalue weighted by molar-refractivity contribution is -0.138. The van der Waals surface area contributed by atoms with Crippen LogP contribution in [-0.2, 0) is 9.53 Å². The Bertz CT molecular complexity index is 286. The number of nitrogens with zero attached hydrogens (tertiary/aromatic N) is 1. The molecule has 0 saturated carbocycles. The second-order valence-electron chi connectivity index (χ2n) is 5.40. The minimum absolute atomic E-state index is 0.186. The van der Waals surface area contributed by atoms with Crippen molar-refractivity contribution in [2.24, 2.45) is 5.92 Å². The van der Waals surface area contributed by atoms with Gasteiger partial charge in [-0.05, 0) is 26.7 Å². The smallest absolute Gasteiger partial charge is 0.323 e. The van der Waals surface area contributed by atoms with Gasteiger partial charge in [0.1, 0.15) is 6.54 Å². The highest BCUT2D eigenvalue weighted by Gasteiger charge is 2.28. The van der Waals surface area contributed by atoms with Gasteiger partial charge in [0, 0.05) is 19.2 Å². The number of carboxylic acids is 1. The van der Waals surface area contributed by atoms with Crippen LogP contribution < -0.4 is 5.32 Å². The SMILES string of the molecule is COCC(C)CNC(=O)N(CC(=O)O)C(C)(C)C. The lowest BCUT2D eigenvalue weighted by atomic mass is 10.1. The number of urea groups is 1. The Hall–Kier alpha value is -1.30. The van der Waals surface area contributed by atoms with Crippen molar-refractivity contribution in [2.75, 3.05) is 26.8 Å². The van der Waals surface area contributed by atoms with Crippen molar-refractivity contribution in [3.05, 3.63) is 0 Å². The molecule has 1 unspecified atom stereocenters. The van der Waals surface area contributed by atoms with Crippen molar-refractivity contribution in [3.63, 3.8) is 0 Å². The normalized spacial score (nSPS) is 12.9. The van der Waals surface area contributed by atoms with Gasteiger partial charge in [-0.15, -0.1) is 0 Å². The highest BCUT2D eigenvalue weighted by Crippen LogP contribution is 2.13. The van der Waals surface area contributed by atoms with E-state index < -0.39 is 11.5 Å². The van der Waals surface area contributed by atoms with Gasteiger partial charge in [0.15, 0.2) is 0 Å². The molecule has 0 aromatic heterocycles. The summed E-state index contributed by atoms with van der Waals surface area (Å²) in [6, 6.07) is -0.368. The average Bonchev–Trinajstić information content (AvgIpc) is 2.21. The monoisotopic (exact) mass is 260 g/mol. The third-order valence-electron chi connectivity index (χ3n) is 2.40. The van der Waals surface area contributed by atoms with Gasteiger partial charge in [0.05, 0.1) is 6.61 Å². The first-order valence-electron chi connectivity index (χ1n) is 5.94. The van der Waals surface area contributed by atoms with Gasteiger partial charge in [-0.2, -0.15) is 0 Å². The number of hydrogen-bond acceptors (Lipinski definition) is 3. The Kier molecular flexibility index (Phi) is 6.68. The predicted octanol–water partition coefficient (Wildman–Crippen LogP) is 1.16. The van der Waals surface area contributed by atoms with E-state index >= 15 is 0 Å². The number of carbonyl (C=O) groups excluding carboxylic acids is 1. The molecule has 1 atom stereocenters. The first kappa shape index (κ1) is 16.7. The van der Waals surface area contributed by atoms with E-state index in [0.29, 0.717) is 13.2 Å². The van der Waals surface area contributed by atoms with Crippen molar-refractivity contribution in [3.8, 4) is 0 Å². The molecule has 0 aliphatic heterocycles. The zero-order chi connectivity index (χ0) is 14.3. The van der Waals surface area contributed by atoms with Crippen LogP contribution in [0.15, 0.2) is 0 Å². The van der Waals surface area contributed by atoms with E-state index in [1.807, 2.05) is 6.92 Å². The van der Waals surface area contributed by atoms with Gasteiger partial charge in [-0.25, -0.2) is 4.79 Å². The van der Waals surface area contributed by atoms with Crippen LogP contribution in [0.1, 0.15) is 27.7 Å². The van der Waals surface area contributed by atoms with E-state index in [2.05, 4.69) is 5.32 Å². The number of hydrogen-bond donors (Lipinski definition) is 2. The fourth-order valence-corrected chi connectivity index (χ4v) is 1.45. The zero-order valence-electron chi connectivity index (χ0n) is 11.8. The van der Waals surface area contributed by atoms with Crippen molar-refractivity contribution in [1.82, 2.24) is 10.2 Å². The highest BCUT2D eigenvalue weighted by atomic mass is 16.5. The summed E-state index contributed by atoms with van der Waals surface area (Å²) in [4.78, 5) is 24.0. The summed E-state index contributed by atoms with van der Waals surface area (Å²) >= 11 is 0. The van der Waals surface area contributed by atoms with Gasteiger partial charge < -0.3 is 20.1 Å². The average molecular weight is 260 g/mol. The maximum absolute atomic E-state index is 11.9. The molecule has 2 amide bonds. The molecule has 0 radical (unpaired) electrons. The number of nitrogens with one attached hydrogen (secondary N) is 1. The van der Waals surface area contributed by atoms with Gasteiger partial charge >= 0.3 is 12.0 Å². The van der Waals surface area contributed by atoms with Crippen LogP contribution in [-0.4, -0.2) is 54.4 Å². The zero-order valence-corrected chi connectivity index (χ0v) is 11.8. The summed E-state index contributed by atoms with van der Waals surface area (Å²) in [5.41, 5.74) is -0.535. The summed E-state index contributed by atoms with van der Waals surface area (Å²) in [6.07, 6.45) is 0. The number of rotatable bonds is 6. The molecular formula is C12H24N2O4. The predicted molar refractivity (Wildman–Crippen MR) is 68.5 cm³/mol. The van der Waals surface area contributed by atoms with Crippen molar-refractivity contribution >= 4 is 12.0 Å². The summed E-state index contributed by atoms with van der Waals surface area (Å²) in [6.45, 7) is 8.04. The Morgan fingerprint density at radius 3 is 2.33 bits per heavy atom. The van der Waals surface area contributed by atoms with Crippen LogP contribution in [0.25, 0.3) is 0 Å². The van der Waals surface area contributed by atoms with Gasteiger partial charge in [0.2, 0.25) is 0 Å². The largest absolute Gasteiger partial charge is 0.480 e. The number of carboxylic acid groups (broad SMARTS) is 1. The molecule has 0 rings (SSSR count). The van der Waals surface area contributed by atoms with E-state index in [9.17, 15) is 9.59 Å².